The maximum atomic E-state index is 5.85. The summed E-state index contributed by atoms with van der Waals surface area (Å²) in [4.78, 5) is 7.81. The van der Waals surface area contributed by atoms with Crippen LogP contribution in [0.25, 0.3) is 0 Å². The maximum Gasteiger partial charge on any atom is 0.138 e. The second-order valence-corrected chi connectivity index (χ2v) is 4.69. The molecule has 0 saturated carbocycles. The molecule has 90 valence electrons. The third-order valence-electron chi connectivity index (χ3n) is 3.25. The summed E-state index contributed by atoms with van der Waals surface area (Å²) in [6.07, 6.45) is 7.31. The molecular formula is C12H21N3O. The lowest BCUT2D eigenvalue weighted by molar-refractivity contribution is -0.0756. The Morgan fingerprint density at radius 1 is 1.56 bits per heavy atom. The SMILES string of the molecule is CC1(c2ncc(CCCN)[nH]2)CCCCO1. The van der Waals surface area contributed by atoms with E-state index >= 15 is 0 Å². The smallest absolute Gasteiger partial charge is 0.138 e. The Bertz CT molecular complexity index is 329. The number of hydrogen-bond donors (Lipinski definition) is 2. The van der Waals surface area contributed by atoms with Crippen molar-refractivity contribution in [2.45, 2.75) is 44.6 Å². The molecule has 1 saturated heterocycles. The van der Waals surface area contributed by atoms with Crippen LogP contribution in [0.4, 0.5) is 0 Å². The van der Waals surface area contributed by atoms with Gasteiger partial charge in [-0.1, -0.05) is 0 Å². The zero-order chi connectivity index (χ0) is 11.4. The first kappa shape index (κ1) is 11.6. The fourth-order valence-corrected chi connectivity index (χ4v) is 2.17. The van der Waals surface area contributed by atoms with Crippen molar-refractivity contribution in [2.24, 2.45) is 5.73 Å². The fourth-order valence-electron chi connectivity index (χ4n) is 2.17. The van der Waals surface area contributed by atoms with Gasteiger partial charge in [0.2, 0.25) is 0 Å². The van der Waals surface area contributed by atoms with Crippen LogP contribution >= 0.6 is 0 Å². The molecule has 0 amide bonds. The number of aryl methyl sites for hydroxylation is 1. The molecule has 0 bridgehead atoms. The molecule has 1 fully saturated rings. The maximum absolute atomic E-state index is 5.85. The van der Waals surface area contributed by atoms with E-state index in [0.29, 0.717) is 0 Å². The standard InChI is InChI=1S/C12H21N3O/c1-12(6-2-3-8-16-12)11-14-9-10(15-11)5-4-7-13/h9H,2-8,13H2,1H3,(H,14,15). The van der Waals surface area contributed by atoms with Gasteiger partial charge >= 0.3 is 0 Å². The summed E-state index contributed by atoms with van der Waals surface area (Å²) in [5, 5.41) is 0. The number of nitrogens with two attached hydrogens (primary N) is 1. The Labute approximate surface area is 96.6 Å². The third-order valence-corrected chi connectivity index (χ3v) is 3.25. The Morgan fingerprint density at radius 3 is 3.12 bits per heavy atom. The van der Waals surface area contributed by atoms with Gasteiger partial charge in [-0.05, 0) is 45.6 Å². The third kappa shape index (κ3) is 2.44. The van der Waals surface area contributed by atoms with Crippen molar-refractivity contribution in [1.29, 1.82) is 0 Å². The summed E-state index contributed by atoms with van der Waals surface area (Å²) in [6, 6.07) is 0. The number of nitrogens with one attached hydrogen (secondary N) is 1. The highest BCUT2D eigenvalue weighted by atomic mass is 16.5. The van der Waals surface area contributed by atoms with Crippen molar-refractivity contribution in [3.63, 3.8) is 0 Å². The first-order valence-corrected chi connectivity index (χ1v) is 6.13. The van der Waals surface area contributed by atoms with Crippen molar-refractivity contribution in [2.75, 3.05) is 13.2 Å². The van der Waals surface area contributed by atoms with Gasteiger partial charge in [0.25, 0.3) is 0 Å². The van der Waals surface area contributed by atoms with E-state index in [2.05, 4.69) is 16.9 Å². The van der Waals surface area contributed by atoms with Crippen molar-refractivity contribution >= 4 is 0 Å². The van der Waals surface area contributed by atoms with Crippen LogP contribution in [0.5, 0.6) is 0 Å². The highest BCUT2D eigenvalue weighted by Gasteiger charge is 2.32. The lowest BCUT2D eigenvalue weighted by Gasteiger charge is -2.31. The zero-order valence-electron chi connectivity index (χ0n) is 9.96. The molecule has 0 spiro atoms. The quantitative estimate of drug-likeness (QED) is 0.817. The Morgan fingerprint density at radius 2 is 2.44 bits per heavy atom. The molecule has 4 heteroatoms. The zero-order valence-corrected chi connectivity index (χ0v) is 9.96. The largest absolute Gasteiger partial charge is 0.367 e. The molecule has 1 aliphatic heterocycles. The highest BCUT2D eigenvalue weighted by molar-refractivity contribution is 5.08. The van der Waals surface area contributed by atoms with E-state index in [-0.39, 0.29) is 5.60 Å². The normalized spacial score (nSPS) is 25.9. The second-order valence-electron chi connectivity index (χ2n) is 4.69. The van der Waals surface area contributed by atoms with Crippen LogP contribution in [0.3, 0.4) is 0 Å². The summed E-state index contributed by atoms with van der Waals surface area (Å²) in [5.74, 6) is 0.972. The molecule has 0 aromatic carbocycles. The molecule has 3 N–H and O–H groups in total. The molecule has 2 rings (SSSR count). The van der Waals surface area contributed by atoms with Crippen LogP contribution in [0.1, 0.15) is 44.1 Å². The predicted molar refractivity (Wildman–Crippen MR) is 63.1 cm³/mol. The number of hydrogen-bond acceptors (Lipinski definition) is 3. The number of imidazole rings is 1. The molecule has 0 radical (unpaired) electrons. The van der Waals surface area contributed by atoms with Gasteiger partial charge in [0.05, 0.1) is 0 Å². The Balaban J connectivity index is 2.05. The molecule has 1 aliphatic rings. The summed E-state index contributed by atoms with van der Waals surface area (Å²) in [5.41, 5.74) is 6.45. The lowest BCUT2D eigenvalue weighted by atomic mass is 9.95. The number of H-pyrrole nitrogens is 1. The van der Waals surface area contributed by atoms with Gasteiger partial charge in [0.1, 0.15) is 11.4 Å². The van der Waals surface area contributed by atoms with Gasteiger partial charge in [-0.2, -0.15) is 0 Å². The van der Waals surface area contributed by atoms with Crippen molar-refractivity contribution in [3.8, 4) is 0 Å². The van der Waals surface area contributed by atoms with Gasteiger partial charge in [0.15, 0.2) is 0 Å². The van der Waals surface area contributed by atoms with Gasteiger partial charge < -0.3 is 15.5 Å². The van der Waals surface area contributed by atoms with Crippen LogP contribution in [-0.4, -0.2) is 23.1 Å². The van der Waals surface area contributed by atoms with Crippen LogP contribution in [0.2, 0.25) is 0 Å². The van der Waals surface area contributed by atoms with Crippen molar-refractivity contribution in [3.05, 3.63) is 17.7 Å². The number of nitrogens with zero attached hydrogens (tertiary/aromatic N) is 1. The topological polar surface area (TPSA) is 63.9 Å². The van der Waals surface area contributed by atoms with Crippen LogP contribution in [-0.2, 0) is 16.8 Å². The van der Waals surface area contributed by atoms with Crippen LogP contribution < -0.4 is 5.73 Å². The minimum atomic E-state index is -0.209. The van der Waals surface area contributed by atoms with Gasteiger partial charge in [-0.25, -0.2) is 4.98 Å². The molecule has 16 heavy (non-hydrogen) atoms. The Kier molecular flexibility index (Phi) is 3.61. The van der Waals surface area contributed by atoms with Gasteiger partial charge in [-0.3, -0.25) is 0 Å². The van der Waals surface area contributed by atoms with Crippen molar-refractivity contribution in [1.82, 2.24) is 9.97 Å². The predicted octanol–water partition coefficient (Wildman–Crippen LogP) is 1.72. The van der Waals surface area contributed by atoms with Crippen LogP contribution in [0.15, 0.2) is 6.20 Å². The molecule has 0 aliphatic carbocycles. The first-order chi connectivity index (χ1) is 7.74. The van der Waals surface area contributed by atoms with Crippen molar-refractivity contribution < 1.29 is 4.74 Å². The molecule has 1 unspecified atom stereocenters. The summed E-state index contributed by atoms with van der Waals surface area (Å²) in [6.45, 7) is 3.69. The average Bonchev–Trinajstić information content (AvgIpc) is 2.77. The lowest BCUT2D eigenvalue weighted by Crippen LogP contribution is -2.31. The minimum Gasteiger partial charge on any atom is -0.367 e. The molecule has 1 atom stereocenters. The minimum absolute atomic E-state index is 0.209. The fraction of sp³-hybridized carbons (Fsp3) is 0.750. The first-order valence-electron chi connectivity index (χ1n) is 6.13. The summed E-state index contributed by atoms with van der Waals surface area (Å²) < 4.78 is 5.85. The molecular weight excluding hydrogens is 202 g/mol. The summed E-state index contributed by atoms with van der Waals surface area (Å²) >= 11 is 0. The Hall–Kier alpha value is -0.870. The van der Waals surface area contributed by atoms with E-state index in [1.807, 2.05) is 6.20 Å². The summed E-state index contributed by atoms with van der Waals surface area (Å²) in [7, 11) is 0. The number of aromatic nitrogens is 2. The van der Waals surface area contributed by atoms with E-state index in [0.717, 1.165) is 50.4 Å². The molecule has 2 heterocycles. The van der Waals surface area contributed by atoms with E-state index in [1.54, 1.807) is 0 Å². The highest BCUT2D eigenvalue weighted by Crippen LogP contribution is 2.32. The number of ether oxygens (including phenoxy) is 1. The van der Waals surface area contributed by atoms with E-state index in [1.165, 1.54) is 6.42 Å². The average molecular weight is 223 g/mol. The van der Waals surface area contributed by atoms with Gasteiger partial charge in [-0.15, -0.1) is 0 Å². The second kappa shape index (κ2) is 4.97. The van der Waals surface area contributed by atoms with Crippen LogP contribution in [0, 0.1) is 0 Å². The number of rotatable bonds is 4. The van der Waals surface area contributed by atoms with E-state index in [9.17, 15) is 0 Å². The molecule has 1 aromatic heterocycles. The monoisotopic (exact) mass is 223 g/mol. The molecule has 1 aromatic rings. The van der Waals surface area contributed by atoms with E-state index in [4.69, 9.17) is 10.5 Å². The number of aromatic amines is 1. The van der Waals surface area contributed by atoms with E-state index < -0.39 is 0 Å². The van der Waals surface area contributed by atoms with Gasteiger partial charge in [0, 0.05) is 18.5 Å². The molecule has 4 nitrogen and oxygen atoms in total.